The molecule has 0 amide bonds. The Morgan fingerprint density at radius 2 is 2.08 bits per heavy atom. The lowest BCUT2D eigenvalue weighted by Crippen LogP contribution is -2.05. The second-order valence-corrected chi connectivity index (χ2v) is 3.13. The highest BCUT2D eigenvalue weighted by Crippen LogP contribution is 2.08. The van der Waals surface area contributed by atoms with E-state index in [-0.39, 0.29) is 0 Å². The Bertz CT molecular complexity index is 248. The predicted molar refractivity (Wildman–Crippen MR) is 53.2 cm³/mol. The topological polar surface area (TPSA) is 33.1 Å². The van der Waals surface area contributed by atoms with Gasteiger partial charge >= 0.3 is 0 Å². The summed E-state index contributed by atoms with van der Waals surface area (Å²) in [5, 5.41) is 7.87. The molecule has 0 unspecified atom stereocenters. The standard InChI is InChI=1S/C9H11NOS/c1-12-9(10)7-11-8-5-3-2-4-6-8/h2-6,10H,7H2,1H3. The summed E-state index contributed by atoms with van der Waals surface area (Å²) in [7, 11) is 0. The van der Waals surface area contributed by atoms with Crippen molar-refractivity contribution in [2.24, 2.45) is 0 Å². The van der Waals surface area contributed by atoms with Gasteiger partial charge in [0.1, 0.15) is 17.4 Å². The van der Waals surface area contributed by atoms with E-state index in [2.05, 4.69) is 0 Å². The van der Waals surface area contributed by atoms with E-state index in [1.165, 1.54) is 11.8 Å². The van der Waals surface area contributed by atoms with Crippen LogP contribution in [0, 0.1) is 5.41 Å². The molecule has 1 N–H and O–H groups in total. The number of nitrogens with one attached hydrogen (secondary N) is 1. The average molecular weight is 181 g/mol. The van der Waals surface area contributed by atoms with Crippen molar-refractivity contribution in [1.29, 1.82) is 5.41 Å². The van der Waals surface area contributed by atoms with Crippen LogP contribution < -0.4 is 4.74 Å². The molecule has 0 aliphatic heterocycles. The van der Waals surface area contributed by atoms with Crippen molar-refractivity contribution in [3.63, 3.8) is 0 Å². The number of ether oxygens (including phenoxy) is 1. The highest BCUT2D eigenvalue weighted by atomic mass is 32.2. The van der Waals surface area contributed by atoms with Crippen molar-refractivity contribution < 1.29 is 4.74 Å². The van der Waals surface area contributed by atoms with Gasteiger partial charge in [-0.3, -0.25) is 5.41 Å². The van der Waals surface area contributed by atoms with E-state index >= 15 is 0 Å². The van der Waals surface area contributed by atoms with E-state index in [1.807, 2.05) is 36.6 Å². The molecule has 3 heteroatoms. The SMILES string of the molecule is CSC(=N)COc1ccccc1. The second kappa shape index (κ2) is 4.83. The molecular weight excluding hydrogens is 170 g/mol. The molecule has 2 nitrogen and oxygen atoms in total. The Morgan fingerprint density at radius 3 is 2.67 bits per heavy atom. The summed E-state index contributed by atoms with van der Waals surface area (Å²) in [5.74, 6) is 0.816. The van der Waals surface area contributed by atoms with Gasteiger partial charge in [-0.05, 0) is 18.4 Å². The summed E-state index contributed by atoms with van der Waals surface area (Å²) < 4.78 is 5.31. The minimum atomic E-state index is 0.366. The van der Waals surface area contributed by atoms with E-state index in [0.717, 1.165) is 5.75 Å². The molecule has 0 spiro atoms. The first-order chi connectivity index (χ1) is 5.83. The molecule has 0 heterocycles. The predicted octanol–water partition coefficient (Wildman–Crippen LogP) is 2.41. The van der Waals surface area contributed by atoms with Gasteiger partial charge in [-0.15, -0.1) is 11.8 Å². The third-order valence-corrected chi connectivity index (χ3v) is 1.97. The molecule has 0 saturated heterocycles. The normalized spacial score (nSPS) is 9.42. The third kappa shape index (κ3) is 2.96. The van der Waals surface area contributed by atoms with Crippen LogP contribution in [0.4, 0.5) is 0 Å². The quantitative estimate of drug-likeness (QED) is 0.573. The first-order valence-electron chi connectivity index (χ1n) is 3.62. The van der Waals surface area contributed by atoms with Crippen LogP contribution in [0.5, 0.6) is 5.75 Å². The molecule has 0 saturated carbocycles. The molecule has 0 radical (unpaired) electrons. The highest BCUT2D eigenvalue weighted by molar-refractivity contribution is 8.13. The third-order valence-electron chi connectivity index (χ3n) is 1.36. The van der Waals surface area contributed by atoms with Crippen molar-refractivity contribution in [3.05, 3.63) is 30.3 Å². The molecule has 1 rings (SSSR count). The van der Waals surface area contributed by atoms with Gasteiger partial charge in [0, 0.05) is 0 Å². The van der Waals surface area contributed by atoms with E-state index < -0.39 is 0 Å². The molecule has 12 heavy (non-hydrogen) atoms. The van der Waals surface area contributed by atoms with Crippen molar-refractivity contribution in [3.8, 4) is 5.75 Å². The van der Waals surface area contributed by atoms with Gasteiger partial charge in [-0.25, -0.2) is 0 Å². The molecule has 1 aromatic carbocycles. The largest absolute Gasteiger partial charge is 0.487 e. The first-order valence-corrected chi connectivity index (χ1v) is 4.84. The maximum atomic E-state index is 7.32. The first kappa shape index (κ1) is 9.13. The lowest BCUT2D eigenvalue weighted by atomic mass is 10.3. The Morgan fingerprint density at radius 1 is 1.42 bits per heavy atom. The molecule has 1 aromatic rings. The summed E-state index contributed by atoms with van der Waals surface area (Å²) in [6, 6.07) is 9.53. The number of benzene rings is 1. The van der Waals surface area contributed by atoms with E-state index in [0.29, 0.717) is 11.7 Å². The van der Waals surface area contributed by atoms with Gasteiger partial charge in [0.05, 0.1) is 0 Å². The summed E-state index contributed by atoms with van der Waals surface area (Å²) in [4.78, 5) is 0. The smallest absolute Gasteiger partial charge is 0.136 e. The van der Waals surface area contributed by atoms with E-state index in [9.17, 15) is 0 Å². The Balaban J connectivity index is 2.38. The van der Waals surface area contributed by atoms with Crippen LogP contribution >= 0.6 is 11.8 Å². The Labute approximate surface area is 76.4 Å². The zero-order valence-corrected chi connectivity index (χ0v) is 7.73. The van der Waals surface area contributed by atoms with Crippen molar-refractivity contribution in [2.75, 3.05) is 12.9 Å². The van der Waals surface area contributed by atoms with Crippen molar-refractivity contribution in [2.45, 2.75) is 0 Å². The van der Waals surface area contributed by atoms with E-state index in [1.54, 1.807) is 0 Å². The molecule has 0 aliphatic carbocycles. The number of hydrogen-bond donors (Lipinski definition) is 1. The van der Waals surface area contributed by atoms with Gasteiger partial charge in [0.15, 0.2) is 0 Å². The van der Waals surface area contributed by atoms with Gasteiger partial charge in [-0.1, -0.05) is 18.2 Å². The van der Waals surface area contributed by atoms with Crippen LogP contribution in [-0.4, -0.2) is 17.9 Å². The zero-order chi connectivity index (χ0) is 8.81. The minimum absolute atomic E-state index is 0.366. The van der Waals surface area contributed by atoms with Crippen LogP contribution in [0.3, 0.4) is 0 Å². The van der Waals surface area contributed by atoms with Crippen LogP contribution in [-0.2, 0) is 0 Å². The van der Waals surface area contributed by atoms with Crippen LogP contribution in [0.15, 0.2) is 30.3 Å². The maximum Gasteiger partial charge on any atom is 0.136 e. The fourth-order valence-corrected chi connectivity index (χ4v) is 0.901. The van der Waals surface area contributed by atoms with Gasteiger partial charge in [0.2, 0.25) is 0 Å². The van der Waals surface area contributed by atoms with Crippen LogP contribution in [0.25, 0.3) is 0 Å². The Kier molecular flexibility index (Phi) is 3.67. The molecular formula is C9H11NOS. The molecule has 0 atom stereocenters. The molecule has 0 fully saturated rings. The second-order valence-electron chi connectivity index (χ2n) is 2.23. The number of rotatable bonds is 3. The fraction of sp³-hybridized carbons (Fsp3) is 0.222. The van der Waals surface area contributed by atoms with Crippen molar-refractivity contribution >= 4 is 16.8 Å². The van der Waals surface area contributed by atoms with Crippen molar-refractivity contribution in [1.82, 2.24) is 0 Å². The number of thioether (sulfide) groups is 1. The number of hydrogen-bond acceptors (Lipinski definition) is 3. The fourth-order valence-electron chi connectivity index (χ4n) is 0.725. The summed E-state index contributed by atoms with van der Waals surface area (Å²) >= 11 is 1.40. The summed E-state index contributed by atoms with van der Waals surface area (Å²) in [6.07, 6.45) is 1.87. The number of para-hydroxylation sites is 1. The van der Waals surface area contributed by atoms with E-state index in [4.69, 9.17) is 10.1 Å². The molecule has 0 bridgehead atoms. The average Bonchev–Trinajstić information content (AvgIpc) is 2.16. The molecule has 64 valence electrons. The summed E-state index contributed by atoms with van der Waals surface area (Å²) in [6.45, 7) is 0.366. The maximum absolute atomic E-state index is 7.32. The molecule has 0 aliphatic rings. The van der Waals surface area contributed by atoms with Gasteiger partial charge < -0.3 is 4.74 Å². The molecule has 0 aromatic heterocycles. The minimum Gasteiger partial charge on any atom is -0.487 e. The van der Waals surface area contributed by atoms with Gasteiger partial charge in [-0.2, -0.15) is 0 Å². The lowest BCUT2D eigenvalue weighted by Gasteiger charge is -2.04. The van der Waals surface area contributed by atoms with Crippen LogP contribution in [0.2, 0.25) is 0 Å². The lowest BCUT2D eigenvalue weighted by molar-refractivity contribution is 0.378. The Hall–Kier alpha value is -0.960. The van der Waals surface area contributed by atoms with Gasteiger partial charge in [0.25, 0.3) is 0 Å². The monoisotopic (exact) mass is 181 g/mol. The zero-order valence-electron chi connectivity index (χ0n) is 6.91. The highest BCUT2D eigenvalue weighted by Gasteiger charge is 1.94. The summed E-state index contributed by atoms with van der Waals surface area (Å²) in [5.41, 5.74) is 0. The van der Waals surface area contributed by atoms with Crippen LogP contribution in [0.1, 0.15) is 0 Å².